The first-order chi connectivity index (χ1) is 5.81. The Morgan fingerprint density at radius 3 is 3.08 bits per heavy atom. The SMILES string of the molecule is Cc1cc(C#N)c2ncsc2c1. The molecule has 0 radical (unpaired) electrons. The molecule has 12 heavy (non-hydrogen) atoms. The zero-order chi connectivity index (χ0) is 8.55. The van der Waals surface area contributed by atoms with Gasteiger partial charge in [0.25, 0.3) is 0 Å². The van der Waals surface area contributed by atoms with Gasteiger partial charge in [0, 0.05) is 0 Å². The lowest BCUT2D eigenvalue weighted by Gasteiger charge is -1.93. The highest BCUT2D eigenvalue weighted by Gasteiger charge is 2.03. The first-order valence-corrected chi connectivity index (χ1v) is 4.43. The molecule has 0 bridgehead atoms. The molecular weight excluding hydrogens is 168 g/mol. The van der Waals surface area contributed by atoms with Crippen molar-refractivity contribution < 1.29 is 0 Å². The molecule has 0 atom stereocenters. The van der Waals surface area contributed by atoms with Gasteiger partial charge in [-0.25, -0.2) is 4.98 Å². The van der Waals surface area contributed by atoms with Gasteiger partial charge < -0.3 is 0 Å². The van der Waals surface area contributed by atoms with Gasteiger partial charge in [-0.2, -0.15) is 5.26 Å². The molecule has 0 aliphatic carbocycles. The number of hydrogen-bond donors (Lipinski definition) is 0. The molecular formula is C9H6N2S. The van der Waals surface area contributed by atoms with Gasteiger partial charge in [-0.15, -0.1) is 11.3 Å². The van der Waals surface area contributed by atoms with Gasteiger partial charge in [0.15, 0.2) is 0 Å². The van der Waals surface area contributed by atoms with Gasteiger partial charge in [-0.1, -0.05) is 0 Å². The van der Waals surface area contributed by atoms with E-state index >= 15 is 0 Å². The van der Waals surface area contributed by atoms with Crippen LogP contribution in [-0.4, -0.2) is 4.98 Å². The lowest BCUT2D eigenvalue weighted by Crippen LogP contribution is -1.79. The molecule has 58 valence electrons. The van der Waals surface area contributed by atoms with Gasteiger partial charge in [-0.05, 0) is 24.6 Å². The average molecular weight is 174 g/mol. The maximum Gasteiger partial charge on any atom is 0.101 e. The summed E-state index contributed by atoms with van der Waals surface area (Å²) < 4.78 is 1.09. The Bertz CT molecular complexity index is 465. The van der Waals surface area contributed by atoms with E-state index < -0.39 is 0 Å². The van der Waals surface area contributed by atoms with Crippen molar-refractivity contribution in [3.8, 4) is 6.07 Å². The second-order valence-corrected chi connectivity index (χ2v) is 3.51. The maximum atomic E-state index is 8.79. The van der Waals surface area contributed by atoms with Crippen molar-refractivity contribution in [1.29, 1.82) is 5.26 Å². The highest BCUT2D eigenvalue weighted by Crippen LogP contribution is 2.22. The second kappa shape index (κ2) is 2.58. The number of thiazole rings is 1. The Balaban J connectivity index is 2.91. The predicted octanol–water partition coefficient (Wildman–Crippen LogP) is 2.48. The fourth-order valence-electron chi connectivity index (χ4n) is 1.19. The number of rotatable bonds is 0. The van der Waals surface area contributed by atoms with E-state index in [1.165, 1.54) is 0 Å². The minimum atomic E-state index is 0.672. The lowest BCUT2D eigenvalue weighted by atomic mass is 10.1. The monoisotopic (exact) mass is 174 g/mol. The van der Waals surface area contributed by atoms with Crippen LogP contribution < -0.4 is 0 Å². The van der Waals surface area contributed by atoms with Crippen LogP contribution >= 0.6 is 11.3 Å². The van der Waals surface area contributed by atoms with E-state index in [4.69, 9.17) is 5.26 Å². The fourth-order valence-corrected chi connectivity index (χ4v) is 1.99. The number of nitriles is 1. The summed E-state index contributed by atoms with van der Waals surface area (Å²) in [4.78, 5) is 4.13. The highest BCUT2D eigenvalue weighted by molar-refractivity contribution is 7.16. The van der Waals surface area contributed by atoms with Gasteiger partial charge >= 0.3 is 0 Å². The van der Waals surface area contributed by atoms with Crippen molar-refractivity contribution in [2.75, 3.05) is 0 Å². The average Bonchev–Trinajstić information content (AvgIpc) is 2.50. The van der Waals surface area contributed by atoms with Crippen LogP contribution in [0.15, 0.2) is 17.6 Å². The second-order valence-electron chi connectivity index (χ2n) is 2.62. The van der Waals surface area contributed by atoms with Gasteiger partial charge in [-0.3, -0.25) is 0 Å². The third kappa shape index (κ3) is 0.973. The smallest absolute Gasteiger partial charge is 0.101 e. The zero-order valence-corrected chi connectivity index (χ0v) is 7.35. The first-order valence-electron chi connectivity index (χ1n) is 3.55. The number of nitrogens with zero attached hydrogens (tertiary/aromatic N) is 2. The molecule has 1 aromatic heterocycles. The van der Waals surface area contributed by atoms with E-state index in [0.717, 1.165) is 15.8 Å². The van der Waals surface area contributed by atoms with E-state index in [1.807, 2.05) is 19.1 Å². The van der Waals surface area contributed by atoms with E-state index in [1.54, 1.807) is 16.8 Å². The molecule has 0 aliphatic heterocycles. The molecule has 0 unspecified atom stereocenters. The molecule has 0 N–H and O–H groups in total. The quantitative estimate of drug-likeness (QED) is 0.615. The molecule has 0 spiro atoms. The summed E-state index contributed by atoms with van der Waals surface area (Å²) in [6.45, 7) is 1.99. The zero-order valence-electron chi connectivity index (χ0n) is 6.53. The number of hydrogen-bond acceptors (Lipinski definition) is 3. The number of fused-ring (bicyclic) bond motifs is 1. The van der Waals surface area contributed by atoms with Crippen LogP contribution in [0.3, 0.4) is 0 Å². The normalized spacial score (nSPS) is 10.0. The maximum absolute atomic E-state index is 8.79. The van der Waals surface area contributed by atoms with E-state index in [0.29, 0.717) is 5.56 Å². The largest absolute Gasteiger partial charge is 0.243 e. The molecule has 0 saturated carbocycles. The molecule has 2 rings (SSSR count). The minimum Gasteiger partial charge on any atom is -0.243 e. The van der Waals surface area contributed by atoms with Crippen LogP contribution in [0.4, 0.5) is 0 Å². The van der Waals surface area contributed by atoms with Crippen molar-refractivity contribution in [2.45, 2.75) is 6.92 Å². The molecule has 2 nitrogen and oxygen atoms in total. The standard InChI is InChI=1S/C9H6N2S/c1-6-2-7(4-10)9-8(3-6)12-5-11-9/h2-3,5H,1H3. The van der Waals surface area contributed by atoms with E-state index in [2.05, 4.69) is 11.1 Å². The molecule has 3 heteroatoms. The molecule has 1 heterocycles. The molecule has 0 aliphatic rings. The summed E-state index contributed by atoms with van der Waals surface area (Å²) in [6, 6.07) is 6.05. The predicted molar refractivity (Wildman–Crippen MR) is 49.1 cm³/mol. The van der Waals surface area contributed by atoms with Gasteiger partial charge in [0.05, 0.1) is 21.3 Å². The third-order valence-electron chi connectivity index (χ3n) is 1.70. The Labute approximate surface area is 74.1 Å². The first kappa shape index (κ1) is 7.26. The summed E-state index contributed by atoms with van der Waals surface area (Å²) >= 11 is 1.57. The van der Waals surface area contributed by atoms with Crippen molar-refractivity contribution in [3.63, 3.8) is 0 Å². The van der Waals surface area contributed by atoms with Crippen molar-refractivity contribution in [1.82, 2.24) is 4.98 Å². The van der Waals surface area contributed by atoms with E-state index in [-0.39, 0.29) is 0 Å². The van der Waals surface area contributed by atoms with Gasteiger partial charge in [0.2, 0.25) is 0 Å². The molecule has 1 aromatic carbocycles. The summed E-state index contributed by atoms with van der Waals surface area (Å²) in [5, 5.41) is 8.79. The Hall–Kier alpha value is -1.40. The summed E-state index contributed by atoms with van der Waals surface area (Å²) in [5.41, 5.74) is 4.38. The van der Waals surface area contributed by atoms with Crippen LogP contribution in [0.2, 0.25) is 0 Å². The summed E-state index contributed by atoms with van der Waals surface area (Å²) in [5.74, 6) is 0. The van der Waals surface area contributed by atoms with Crippen molar-refractivity contribution >= 4 is 21.6 Å². The van der Waals surface area contributed by atoms with Crippen LogP contribution in [0.1, 0.15) is 11.1 Å². The number of aryl methyl sites for hydroxylation is 1. The van der Waals surface area contributed by atoms with Crippen molar-refractivity contribution in [2.24, 2.45) is 0 Å². The summed E-state index contributed by atoms with van der Waals surface area (Å²) in [7, 11) is 0. The van der Waals surface area contributed by atoms with Crippen molar-refractivity contribution in [3.05, 3.63) is 28.8 Å². The number of aromatic nitrogens is 1. The highest BCUT2D eigenvalue weighted by atomic mass is 32.1. The lowest BCUT2D eigenvalue weighted by molar-refractivity contribution is 1.42. The van der Waals surface area contributed by atoms with Crippen LogP contribution in [0, 0.1) is 18.3 Å². The number of benzene rings is 1. The molecule has 0 saturated heterocycles. The molecule has 2 aromatic rings. The third-order valence-corrected chi connectivity index (χ3v) is 2.48. The van der Waals surface area contributed by atoms with Gasteiger partial charge in [0.1, 0.15) is 6.07 Å². The van der Waals surface area contributed by atoms with Crippen LogP contribution in [0.25, 0.3) is 10.2 Å². The Morgan fingerprint density at radius 1 is 1.50 bits per heavy atom. The summed E-state index contributed by atoms with van der Waals surface area (Å²) in [6.07, 6.45) is 0. The molecule has 0 amide bonds. The minimum absolute atomic E-state index is 0.672. The molecule has 0 fully saturated rings. The van der Waals surface area contributed by atoms with Crippen LogP contribution in [0.5, 0.6) is 0 Å². The Morgan fingerprint density at radius 2 is 2.33 bits per heavy atom. The fraction of sp³-hybridized carbons (Fsp3) is 0.111. The topological polar surface area (TPSA) is 36.7 Å². The van der Waals surface area contributed by atoms with Crippen LogP contribution in [-0.2, 0) is 0 Å². The van der Waals surface area contributed by atoms with E-state index in [9.17, 15) is 0 Å². The Kier molecular flexibility index (Phi) is 1.56.